The molecule has 1 spiro atoms. The van der Waals surface area contributed by atoms with E-state index in [-0.39, 0.29) is 25.0 Å². The Morgan fingerprint density at radius 2 is 1.84 bits per heavy atom. The van der Waals surface area contributed by atoms with E-state index in [0.29, 0.717) is 19.5 Å². The van der Waals surface area contributed by atoms with Crippen LogP contribution in [0.2, 0.25) is 0 Å². The fourth-order valence-electron chi connectivity index (χ4n) is 6.54. The summed E-state index contributed by atoms with van der Waals surface area (Å²) in [6.07, 6.45) is 10.5. The van der Waals surface area contributed by atoms with Crippen LogP contribution in [0, 0.1) is 11.8 Å². The maximum Gasteiger partial charge on any atom is 0.313 e. The van der Waals surface area contributed by atoms with Gasteiger partial charge in [-0.15, -0.1) is 0 Å². The van der Waals surface area contributed by atoms with E-state index in [1.54, 1.807) is 4.90 Å². The summed E-state index contributed by atoms with van der Waals surface area (Å²) in [6, 6.07) is 8.13. The lowest BCUT2D eigenvalue weighted by molar-refractivity contribution is -0.161. The van der Waals surface area contributed by atoms with Crippen LogP contribution in [0.4, 0.5) is 0 Å². The maximum absolute atomic E-state index is 14.3. The highest BCUT2D eigenvalue weighted by Crippen LogP contribution is 2.57. The Hall–Kier alpha value is -2.97. The minimum Gasteiger partial charge on any atom is -0.465 e. The lowest BCUT2D eigenvalue weighted by Gasteiger charge is -2.40. The van der Waals surface area contributed by atoms with Crippen molar-refractivity contribution in [2.45, 2.75) is 69.4 Å². The minimum absolute atomic E-state index is 0.249. The number of ether oxygens (including phenoxy) is 2. The van der Waals surface area contributed by atoms with Crippen LogP contribution in [0.3, 0.4) is 0 Å². The first-order valence-corrected chi connectivity index (χ1v) is 13.3. The molecule has 1 N–H and O–H groups in total. The van der Waals surface area contributed by atoms with Gasteiger partial charge < -0.3 is 24.4 Å². The Bertz CT molecular complexity index is 1100. The van der Waals surface area contributed by atoms with E-state index in [4.69, 9.17) is 9.47 Å². The molecule has 6 atom stereocenters. The Kier molecular flexibility index (Phi) is 6.98. The van der Waals surface area contributed by atoms with Gasteiger partial charge in [0.25, 0.3) is 0 Å². The summed E-state index contributed by atoms with van der Waals surface area (Å²) in [5, 5.41) is 10.2. The second kappa shape index (κ2) is 10.1. The fraction of sp³-hybridized carbons (Fsp3) is 0.552. The third-order valence-electron chi connectivity index (χ3n) is 8.31. The molecule has 1 unspecified atom stereocenters. The van der Waals surface area contributed by atoms with Crippen molar-refractivity contribution in [2.24, 2.45) is 11.8 Å². The van der Waals surface area contributed by atoms with Crippen LogP contribution in [0.1, 0.15) is 45.1 Å². The van der Waals surface area contributed by atoms with Gasteiger partial charge in [-0.05, 0) is 38.2 Å². The highest BCUT2D eigenvalue weighted by molar-refractivity contribution is 5.99. The molecule has 2 fully saturated rings. The van der Waals surface area contributed by atoms with E-state index in [9.17, 15) is 19.5 Å². The van der Waals surface area contributed by atoms with Crippen molar-refractivity contribution in [3.05, 3.63) is 60.2 Å². The molecule has 5 rings (SSSR count). The molecular weight excluding hydrogens is 472 g/mol. The Labute approximate surface area is 217 Å². The van der Waals surface area contributed by atoms with Crippen LogP contribution in [-0.4, -0.2) is 75.7 Å². The lowest BCUT2D eigenvalue weighted by Crippen LogP contribution is -2.58. The number of amides is 2. The maximum atomic E-state index is 14.3. The molecule has 4 aliphatic rings. The SMILES string of the molecule is CC[C@@H](CO)N1C(=O)[C@@H]2[C@@H]3C(=O)OCCCC/C=C\[C@]3(C)O[C@@]23C=CCN(Cc2ccccc2)C(=O)C13. The molecule has 0 aromatic heterocycles. The number of allylic oxidation sites excluding steroid dienone is 1. The molecule has 2 saturated heterocycles. The third kappa shape index (κ3) is 4.20. The second-order valence-corrected chi connectivity index (χ2v) is 10.7. The standard InChI is InChI=1S/C29H36N2O6/c1-3-21(19-32)31-24-26(34)30(18-20-12-7-6-8-13-20)16-11-15-29(24)22(25(31)33)23-27(35)36-17-10-5-4-9-14-28(23,2)37-29/h6-9,11-15,21-24,32H,3-5,10,16-19H2,1-2H3/b14-9-/t21-,22-,23+,24?,28-,29-/m0/s1. The predicted octanol–water partition coefficient (Wildman–Crippen LogP) is 2.61. The number of aliphatic hydroxyl groups is 1. The lowest BCUT2D eigenvalue weighted by atomic mass is 9.74. The number of nitrogens with zero attached hydrogens (tertiary/aromatic N) is 2. The number of hydrogen-bond donors (Lipinski definition) is 1. The number of likely N-dealkylation sites (tertiary alicyclic amines) is 1. The van der Waals surface area contributed by atoms with Crippen LogP contribution in [0.15, 0.2) is 54.6 Å². The fourth-order valence-corrected chi connectivity index (χ4v) is 6.54. The molecule has 198 valence electrons. The Morgan fingerprint density at radius 1 is 1.05 bits per heavy atom. The summed E-state index contributed by atoms with van der Waals surface area (Å²) in [7, 11) is 0. The molecule has 2 amide bonds. The number of rotatable bonds is 5. The normalized spacial score (nSPS) is 35.3. The van der Waals surface area contributed by atoms with Crippen LogP contribution in [0.5, 0.6) is 0 Å². The van der Waals surface area contributed by atoms with Crippen LogP contribution in [-0.2, 0) is 30.4 Å². The molecule has 37 heavy (non-hydrogen) atoms. The van der Waals surface area contributed by atoms with Crippen molar-refractivity contribution in [3.63, 3.8) is 0 Å². The Morgan fingerprint density at radius 3 is 2.57 bits per heavy atom. The van der Waals surface area contributed by atoms with Crippen molar-refractivity contribution in [1.29, 1.82) is 0 Å². The van der Waals surface area contributed by atoms with E-state index in [2.05, 4.69) is 0 Å². The first kappa shape index (κ1) is 25.7. The van der Waals surface area contributed by atoms with Gasteiger partial charge in [-0.3, -0.25) is 14.4 Å². The van der Waals surface area contributed by atoms with Gasteiger partial charge in [0.1, 0.15) is 17.6 Å². The van der Waals surface area contributed by atoms with Crippen LogP contribution < -0.4 is 0 Å². The summed E-state index contributed by atoms with van der Waals surface area (Å²) in [5.74, 6) is -2.91. The van der Waals surface area contributed by atoms with E-state index in [1.165, 1.54) is 4.90 Å². The molecule has 0 bridgehead atoms. The molecule has 0 saturated carbocycles. The molecule has 0 aliphatic carbocycles. The van der Waals surface area contributed by atoms with E-state index < -0.39 is 41.1 Å². The minimum atomic E-state index is -1.35. The smallest absolute Gasteiger partial charge is 0.313 e. The zero-order chi connectivity index (χ0) is 26.2. The molecule has 1 aromatic rings. The summed E-state index contributed by atoms with van der Waals surface area (Å²) in [4.78, 5) is 45.2. The van der Waals surface area contributed by atoms with Gasteiger partial charge in [0, 0.05) is 13.1 Å². The van der Waals surface area contributed by atoms with Gasteiger partial charge in [0.15, 0.2) is 0 Å². The number of fused-ring (bicyclic) bond motifs is 2. The quantitative estimate of drug-likeness (QED) is 0.485. The van der Waals surface area contributed by atoms with Gasteiger partial charge in [0.05, 0.1) is 30.8 Å². The van der Waals surface area contributed by atoms with E-state index in [0.717, 1.165) is 24.8 Å². The van der Waals surface area contributed by atoms with Crippen molar-refractivity contribution < 1.29 is 29.0 Å². The number of hydrogen-bond acceptors (Lipinski definition) is 6. The van der Waals surface area contributed by atoms with Crippen molar-refractivity contribution in [1.82, 2.24) is 9.80 Å². The van der Waals surface area contributed by atoms with Gasteiger partial charge in [0.2, 0.25) is 11.8 Å². The highest BCUT2D eigenvalue weighted by atomic mass is 16.6. The van der Waals surface area contributed by atoms with Gasteiger partial charge in [-0.2, -0.15) is 0 Å². The summed E-state index contributed by atoms with van der Waals surface area (Å²) in [5.41, 5.74) is -1.49. The van der Waals surface area contributed by atoms with Crippen molar-refractivity contribution in [2.75, 3.05) is 19.8 Å². The first-order valence-electron chi connectivity index (χ1n) is 13.3. The number of carbonyl (C=O) groups is 3. The average molecular weight is 509 g/mol. The summed E-state index contributed by atoms with van der Waals surface area (Å²) in [6.45, 7) is 4.41. The summed E-state index contributed by atoms with van der Waals surface area (Å²) >= 11 is 0. The Balaban J connectivity index is 1.62. The molecule has 4 aliphatic heterocycles. The average Bonchev–Trinajstić information content (AvgIpc) is 3.23. The number of cyclic esters (lactones) is 1. The van der Waals surface area contributed by atoms with Crippen LogP contribution >= 0.6 is 0 Å². The van der Waals surface area contributed by atoms with Crippen molar-refractivity contribution in [3.8, 4) is 0 Å². The first-order chi connectivity index (χ1) is 17.9. The molecule has 1 aromatic carbocycles. The van der Waals surface area contributed by atoms with Gasteiger partial charge in [-0.1, -0.05) is 61.6 Å². The third-order valence-corrected chi connectivity index (χ3v) is 8.31. The zero-order valence-corrected chi connectivity index (χ0v) is 21.5. The molecule has 4 heterocycles. The summed E-state index contributed by atoms with van der Waals surface area (Å²) < 4.78 is 12.4. The predicted molar refractivity (Wildman–Crippen MR) is 136 cm³/mol. The largest absolute Gasteiger partial charge is 0.465 e. The number of esters is 1. The highest BCUT2D eigenvalue weighted by Gasteiger charge is 2.75. The number of benzene rings is 1. The van der Waals surface area contributed by atoms with E-state index in [1.807, 2.05) is 68.5 Å². The van der Waals surface area contributed by atoms with Crippen LogP contribution in [0.25, 0.3) is 0 Å². The molecule has 8 heteroatoms. The molecule has 8 nitrogen and oxygen atoms in total. The zero-order valence-electron chi connectivity index (χ0n) is 21.5. The molecule has 0 radical (unpaired) electrons. The number of aliphatic hydroxyl groups excluding tert-OH is 1. The topological polar surface area (TPSA) is 96.4 Å². The van der Waals surface area contributed by atoms with Gasteiger partial charge in [-0.25, -0.2) is 0 Å². The number of carbonyl (C=O) groups excluding carboxylic acids is 3. The monoisotopic (exact) mass is 508 g/mol. The molecular formula is C29H36N2O6. The van der Waals surface area contributed by atoms with E-state index >= 15 is 0 Å². The second-order valence-electron chi connectivity index (χ2n) is 10.7. The van der Waals surface area contributed by atoms with Crippen molar-refractivity contribution >= 4 is 17.8 Å². The van der Waals surface area contributed by atoms with Gasteiger partial charge >= 0.3 is 5.97 Å².